The number of benzene rings is 1. The van der Waals surface area contributed by atoms with Gasteiger partial charge in [-0.3, -0.25) is 4.79 Å². The molecule has 3 nitrogen and oxygen atoms in total. The van der Waals surface area contributed by atoms with Crippen LogP contribution in [-0.4, -0.2) is 11.9 Å². The molecule has 1 aromatic carbocycles. The van der Waals surface area contributed by atoms with Crippen LogP contribution in [0, 0.1) is 0 Å². The molecule has 0 spiro atoms. The maximum atomic E-state index is 11.5. The molecule has 0 fully saturated rings. The van der Waals surface area contributed by atoms with Gasteiger partial charge in [0.15, 0.2) is 0 Å². The van der Waals surface area contributed by atoms with E-state index in [4.69, 9.17) is 4.74 Å². The molecule has 0 saturated carbocycles. The highest BCUT2D eigenvalue weighted by molar-refractivity contribution is 5.99. The van der Waals surface area contributed by atoms with Crippen molar-refractivity contribution in [3.05, 3.63) is 35.4 Å². The van der Waals surface area contributed by atoms with Crippen LogP contribution in [0.25, 0.3) is 0 Å². The van der Waals surface area contributed by atoms with E-state index in [1.807, 2.05) is 19.1 Å². The zero-order chi connectivity index (χ0) is 10.1. The van der Waals surface area contributed by atoms with E-state index < -0.39 is 11.9 Å². The van der Waals surface area contributed by atoms with Crippen LogP contribution >= 0.6 is 0 Å². The fourth-order valence-corrected chi connectivity index (χ4v) is 1.61. The Labute approximate surface area is 81.7 Å². The molecule has 0 aliphatic carbocycles. The monoisotopic (exact) mass is 190 g/mol. The second-order valence-corrected chi connectivity index (χ2v) is 3.29. The number of carbonyl (C=O) groups excluding carboxylic acids is 2. The molecule has 14 heavy (non-hydrogen) atoms. The lowest BCUT2D eigenvalue weighted by atomic mass is 9.94. The zero-order valence-electron chi connectivity index (χ0n) is 7.82. The molecule has 0 saturated heterocycles. The number of hydrogen-bond donors (Lipinski definition) is 0. The number of esters is 2. The summed E-state index contributed by atoms with van der Waals surface area (Å²) < 4.78 is 4.69. The van der Waals surface area contributed by atoms with Gasteiger partial charge in [0, 0.05) is 0 Å². The Morgan fingerprint density at radius 2 is 1.86 bits per heavy atom. The summed E-state index contributed by atoms with van der Waals surface area (Å²) in [5.74, 6) is -1.31. The maximum Gasteiger partial charge on any atom is 0.345 e. The highest BCUT2D eigenvalue weighted by Gasteiger charge is 2.26. The van der Waals surface area contributed by atoms with E-state index in [0.29, 0.717) is 12.0 Å². The van der Waals surface area contributed by atoms with Gasteiger partial charge in [0.25, 0.3) is 0 Å². The predicted molar refractivity (Wildman–Crippen MR) is 49.9 cm³/mol. The first-order chi connectivity index (χ1) is 6.72. The van der Waals surface area contributed by atoms with Gasteiger partial charge in [-0.2, -0.15) is 0 Å². The molecule has 0 unspecified atom stereocenters. The molecule has 2 bridgehead atoms. The van der Waals surface area contributed by atoms with Crippen LogP contribution in [0.5, 0.6) is 0 Å². The molecular formula is C11H10O3. The van der Waals surface area contributed by atoms with Crippen molar-refractivity contribution in [2.45, 2.75) is 19.3 Å². The van der Waals surface area contributed by atoms with Crippen molar-refractivity contribution < 1.29 is 14.3 Å². The van der Waals surface area contributed by atoms with Gasteiger partial charge in [0.1, 0.15) is 0 Å². The third-order valence-corrected chi connectivity index (χ3v) is 2.43. The van der Waals surface area contributed by atoms with Gasteiger partial charge in [-0.15, -0.1) is 0 Å². The van der Waals surface area contributed by atoms with Crippen molar-refractivity contribution in [3.63, 3.8) is 0 Å². The van der Waals surface area contributed by atoms with Crippen LogP contribution in [-0.2, 0) is 9.53 Å². The number of ether oxygens (including phenoxy) is 1. The summed E-state index contributed by atoms with van der Waals surface area (Å²) in [6, 6.07) is 6.99. The Morgan fingerprint density at radius 1 is 1.21 bits per heavy atom. The molecule has 3 heteroatoms. The van der Waals surface area contributed by atoms with Gasteiger partial charge in [0.2, 0.25) is 0 Å². The SMILES string of the molecule is CC[C@H]1C(=O)OC(=O)c2ccc1cc2. The van der Waals surface area contributed by atoms with Crippen LogP contribution in [0.1, 0.15) is 35.2 Å². The third kappa shape index (κ3) is 1.31. The Morgan fingerprint density at radius 3 is 2.43 bits per heavy atom. The number of fused-ring (bicyclic) bond motifs is 5. The van der Waals surface area contributed by atoms with Gasteiger partial charge in [0.05, 0.1) is 11.5 Å². The largest absolute Gasteiger partial charge is 0.389 e. The summed E-state index contributed by atoms with van der Waals surface area (Å²) in [4.78, 5) is 22.8. The van der Waals surface area contributed by atoms with Crippen LogP contribution in [0.2, 0.25) is 0 Å². The first-order valence-corrected chi connectivity index (χ1v) is 4.58. The minimum absolute atomic E-state index is 0.312. The molecule has 0 radical (unpaired) electrons. The Bertz CT molecular complexity index is 378. The molecule has 0 amide bonds. The van der Waals surface area contributed by atoms with Crippen LogP contribution < -0.4 is 0 Å². The van der Waals surface area contributed by atoms with E-state index in [1.54, 1.807) is 12.1 Å². The molecular weight excluding hydrogens is 180 g/mol. The average molecular weight is 190 g/mol. The smallest absolute Gasteiger partial charge is 0.345 e. The van der Waals surface area contributed by atoms with E-state index in [1.165, 1.54) is 0 Å². The zero-order valence-corrected chi connectivity index (χ0v) is 7.82. The molecule has 1 aromatic rings. The van der Waals surface area contributed by atoms with Crippen LogP contribution in [0.3, 0.4) is 0 Å². The second kappa shape index (κ2) is 3.25. The quantitative estimate of drug-likeness (QED) is 0.501. The summed E-state index contributed by atoms with van der Waals surface area (Å²) in [7, 11) is 0. The standard InChI is InChI=1S/C11H10O3/c1-2-9-7-3-5-8(6-4-7)10(12)14-11(9)13/h3-6,9H,2H2,1H3/t9-/m1/s1. The molecule has 0 aromatic heterocycles. The van der Waals surface area contributed by atoms with Gasteiger partial charge >= 0.3 is 11.9 Å². The lowest BCUT2D eigenvalue weighted by molar-refractivity contribution is -0.139. The van der Waals surface area contributed by atoms with E-state index in [-0.39, 0.29) is 5.92 Å². The van der Waals surface area contributed by atoms with Crippen molar-refractivity contribution in [3.8, 4) is 0 Å². The summed E-state index contributed by atoms with van der Waals surface area (Å²) in [5, 5.41) is 0. The summed E-state index contributed by atoms with van der Waals surface area (Å²) >= 11 is 0. The highest BCUT2D eigenvalue weighted by atomic mass is 16.6. The van der Waals surface area contributed by atoms with Gasteiger partial charge in [-0.25, -0.2) is 4.79 Å². The number of carbonyl (C=O) groups is 2. The lowest BCUT2D eigenvalue weighted by Gasteiger charge is -2.16. The van der Waals surface area contributed by atoms with Crippen LogP contribution in [0.15, 0.2) is 24.3 Å². The number of rotatable bonds is 1. The van der Waals surface area contributed by atoms with E-state index in [2.05, 4.69) is 0 Å². The molecule has 0 N–H and O–H groups in total. The lowest BCUT2D eigenvalue weighted by Crippen LogP contribution is -2.22. The molecule has 2 aliphatic rings. The van der Waals surface area contributed by atoms with E-state index in [0.717, 1.165) is 5.56 Å². The highest BCUT2D eigenvalue weighted by Crippen LogP contribution is 2.24. The minimum Gasteiger partial charge on any atom is -0.389 e. The molecule has 1 atom stereocenters. The van der Waals surface area contributed by atoms with Crippen molar-refractivity contribution in [2.24, 2.45) is 0 Å². The molecule has 72 valence electrons. The molecule has 2 heterocycles. The summed E-state index contributed by atoms with van der Waals surface area (Å²) in [5.41, 5.74) is 1.34. The van der Waals surface area contributed by atoms with Gasteiger partial charge in [-0.05, 0) is 24.1 Å². The third-order valence-electron chi connectivity index (χ3n) is 2.43. The second-order valence-electron chi connectivity index (χ2n) is 3.29. The van der Waals surface area contributed by atoms with Crippen molar-refractivity contribution >= 4 is 11.9 Å². The average Bonchev–Trinajstić information content (AvgIpc) is 2.18. The Kier molecular flexibility index (Phi) is 2.08. The summed E-state index contributed by atoms with van der Waals surface area (Å²) in [6.07, 6.45) is 0.644. The van der Waals surface area contributed by atoms with Crippen molar-refractivity contribution in [1.82, 2.24) is 0 Å². The van der Waals surface area contributed by atoms with Crippen molar-refractivity contribution in [1.29, 1.82) is 0 Å². The maximum absolute atomic E-state index is 11.5. The van der Waals surface area contributed by atoms with Crippen LogP contribution in [0.4, 0.5) is 0 Å². The topological polar surface area (TPSA) is 43.4 Å². The normalized spacial score (nSPS) is 20.2. The van der Waals surface area contributed by atoms with E-state index >= 15 is 0 Å². The first kappa shape index (κ1) is 8.94. The van der Waals surface area contributed by atoms with Gasteiger partial charge in [-0.1, -0.05) is 19.1 Å². The Hall–Kier alpha value is -1.64. The fraction of sp³-hybridized carbons (Fsp3) is 0.273. The van der Waals surface area contributed by atoms with E-state index in [9.17, 15) is 9.59 Å². The molecule has 3 rings (SSSR count). The number of hydrogen-bond acceptors (Lipinski definition) is 3. The fourth-order valence-electron chi connectivity index (χ4n) is 1.61. The Balaban J connectivity index is 2.52. The minimum atomic E-state index is -0.556. The van der Waals surface area contributed by atoms with Crippen molar-refractivity contribution in [2.75, 3.05) is 0 Å². The molecule has 2 aliphatic heterocycles. The van der Waals surface area contributed by atoms with Gasteiger partial charge < -0.3 is 4.74 Å². The summed E-state index contributed by atoms with van der Waals surface area (Å²) in [6.45, 7) is 1.89. The predicted octanol–water partition coefficient (Wildman–Crippen LogP) is 1.88. The first-order valence-electron chi connectivity index (χ1n) is 4.58.